The zero-order chi connectivity index (χ0) is 13.9. The van der Waals surface area contributed by atoms with Crippen LogP contribution in [0.15, 0.2) is 51.5 Å². The molecule has 0 aliphatic heterocycles. The van der Waals surface area contributed by atoms with E-state index in [2.05, 4.69) is 72.5 Å². The highest BCUT2D eigenvalue weighted by Gasteiger charge is 2.31. The number of benzene rings is 1. The Morgan fingerprint density at radius 1 is 1.20 bits per heavy atom. The van der Waals surface area contributed by atoms with Crippen LogP contribution < -0.4 is 5.32 Å². The molecule has 1 aliphatic rings. The van der Waals surface area contributed by atoms with Crippen LogP contribution in [0.5, 0.6) is 0 Å². The maximum absolute atomic E-state index is 4.47. The second-order valence-electron chi connectivity index (χ2n) is 5.19. The van der Waals surface area contributed by atoms with Gasteiger partial charge in [-0.2, -0.15) is 0 Å². The fourth-order valence-electron chi connectivity index (χ4n) is 2.43. The zero-order valence-corrected chi connectivity index (χ0v) is 14.2. The monoisotopic (exact) mass is 394 g/mol. The van der Waals surface area contributed by atoms with Gasteiger partial charge in [-0.05, 0) is 62.2 Å². The fourth-order valence-corrected chi connectivity index (χ4v) is 3.55. The number of halogens is 2. The summed E-state index contributed by atoms with van der Waals surface area (Å²) in [5.74, 6) is 0.770. The summed E-state index contributed by atoms with van der Waals surface area (Å²) in [6.45, 7) is 0.782. The van der Waals surface area contributed by atoms with Gasteiger partial charge in [0, 0.05) is 27.7 Å². The number of pyridine rings is 1. The minimum Gasteiger partial charge on any atom is -0.304 e. The molecule has 0 amide bonds. The molecule has 1 atom stereocenters. The average Bonchev–Trinajstić information content (AvgIpc) is 3.27. The lowest BCUT2D eigenvalue weighted by atomic mass is 10.0. The molecule has 1 fully saturated rings. The van der Waals surface area contributed by atoms with Crippen molar-refractivity contribution in [1.29, 1.82) is 0 Å². The Kier molecular flexibility index (Phi) is 4.54. The lowest BCUT2D eigenvalue weighted by molar-refractivity contribution is 0.476. The standard InChI is InChI=1S/C16H16Br2N2/c17-13-8-14(18)15(19-9-13)10-20-16(12-6-7-12)11-4-2-1-3-5-11/h1-5,8-9,12,16,20H,6-7,10H2. The van der Waals surface area contributed by atoms with E-state index in [1.165, 1.54) is 18.4 Å². The molecule has 1 unspecified atom stereocenters. The Bertz CT molecular complexity index is 582. The molecule has 4 heteroatoms. The van der Waals surface area contributed by atoms with Crippen molar-refractivity contribution in [3.63, 3.8) is 0 Å². The molecule has 0 radical (unpaired) electrons. The number of rotatable bonds is 5. The third-order valence-corrected chi connectivity index (χ3v) is 4.75. The summed E-state index contributed by atoms with van der Waals surface area (Å²) < 4.78 is 2.04. The van der Waals surface area contributed by atoms with Gasteiger partial charge >= 0.3 is 0 Å². The second kappa shape index (κ2) is 6.37. The van der Waals surface area contributed by atoms with E-state index in [0.29, 0.717) is 6.04 Å². The van der Waals surface area contributed by atoms with Crippen molar-refractivity contribution in [2.24, 2.45) is 5.92 Å². The van der Waals surface area contributed by atoms with E-state index in [4.69, 9.17) is 0 Å². The highest BCUT2D eigenvalue weighted by molar-refractivity contribution is 9.11. The van der Waals surface area contributed by atoms with Crippen LogP contribution >= 0.6 is 31.9 Å². The van der Waals surface area contributed by atoms with E-state index >= 15 is 0 Å². The molecule has 0 saturated heterocycles. The number of nitrogens with zero attached hydrogens (tertiary/aromatic N) is 1. The van der Waals surface area contributed by atoms with Gasteiger partial charge < -0.3 is 5.32 Å². The van der Waals surface area contributed by atoms with Crippen molar-refractivity contribution < 1.29 is 0 Å². The van der Waals surface area contributed by atoms with Crippen molar-refractivity contribution in [3.05, 3.63) is 62.8 Å². The van der Waals surface area contributed by atoms with Crippen molar-refractivity contribution in [2.45, 2.75) is 25.4 Å². The van der Waals surface area contributed by atoms with E-state index in [9.17, 15) is 0 Å². The third-order valence-electron chi connectivity index (χ3n) is 3.63. The van der Waals surface area contributed by atoms with Gasteiger partial charge in [0.2, 0.25) is 0 Å². The first-order valence-corrected chi connectivity index (χ1v) is 8.41. The average molecular weight is 396 g/mol. The summed E-state index contributed by atoms with van der Waals surface area (Å²) >= 11 is 7.01. The normalized spacial score (nSPS) is 16.1. The summed E-state index contributed by atoms with van der Waals surface area (Å²) in [4.78, 5) is 4.47. The topological polar surface area (TPSA) is 24.9 Å². The third kappa shape index (κ3) is 3.48. The highest BCUT2D eigenvalue weighted by atomic mass is 79.9. The molecule has 1 aromatic heterocycles. The highest BCUT2D eigenvalue weighted by Crippen LogP contribution is 2.41. The molecule has 1 heterocycles. The van der Waals surface area contributed by atoms with Gasteiger partial charge in [-0.3, -0.25) is 4.98 Å². The maximum atomic E-state index is 4.47. The van der Waals surface area contributed by atoms with Gasteiger partial charge in [-0.1, -0.05) is 30.3 Å². The first-order valence-electron chi connectivity index (χ1n) is 6.82. The second-order valence-corrected chi connectivity index (χ2v) is 6.96. The lowest BCUT2D eigenvalue weighted by Crippen LogP contribution is -2.23. The first kappa shape index (κ1) is 14.2. The van der Waals surface area contributed by atoms with Crippen LogP contribution in [-0.2, 0) is 6.54 Å². The van der Waals surface area contributed by atoms with Crippen molar-refractivity contribution >= 4 is 31.9 Å². The van der Waals surface area contributed by atoms with Gasteiger partial charge in [0.05, 0.1) is 5.69 Å². The van der Waals surface area contributed by atoms with E-state index < -0.39 is 0 Å². The van der Waals surface area contributed by atoms with Gasteiger partial charge in [-0.25, -0.2) is 0 Å². The molecule has 1 saturated carbocycles. The van der Waals surface area contributed by atoms with Gasteiger partial charge in [0.1, 0.15) is 0 Å². The number of hydrogen-bond acceptors (Lipinski definition) is 2. The Balaban J connectivity index is 1.72. The molecule has 1 aromatic carbocycles. The largest absolute Gasteiger partial charge is 0.304 e. The number of aromatic nitrogens is 1. The van der Waals surface area contributed by atoms with Crippen LogP contribution in [0.1, 0.15) is 30.1 Å². The molecule has 104 valence electrons. The van der Waals surface area contributed by atoms with Crippen molar-refractivity contribution in [3.8, 4) is 0 Å². The molecule has 2 aromatic rings. The van der Waals surface area contributed by atoms with E-state index in [0.717, 1.165) is 27.1 Å². The predicted molar refractivity (Wildman–Crippen MR) is 88.4 cm³/mol. The number of nitrogens with one attached hydrogen (secondary N) is 1. The summed E-state index contributed by atoms with van der Waals surface area (Å²) in [5, 5.41) is 3.67. The van der Waals surface area contributed by atoms with E-state index in [-0.39, 0.29) is 0 Å². The van der Waals surface area contributed by atoms with Crippen LogP contribution in [0.4, 0.5) is 0 Å². The maximum Gasteiger partial charge on any atom is 0.0684 e. The molecule has 3 rings (SSSR count). The van der Waals surface area contributed by atoms with Gasteiger partial charge in [0.15, 0.2) is 0 Å². The molecular formula is C16H16Br2N2. The lowest BCUT2D eigenvalue weighted by Gasteiger charge is -2.19. The van der Waals surface area contributed by atoms with Gasteiger partial charge in [-0.15, -0.1) is 0 Å². The predicted octanol–water partition coefficient (Wildman–Crippen LogP) is 4.85. The summed E-state index contributed by atoms with van der Waals surface area (Å²) in [6.07, 6.45) is 4.49. The van der Waals surface area contributed by atoms with Gasteiger partial charge in [0.25, 0.3) is 0 Å². The molecular weight excluding hydrogens is 380 g/mol. The smallest absolute Gasteiger partial charge is 0.0684 e. The number of hydrogen-bond donors (Lipinski definition) is 1. The van der Waals surface area contributed by atoms with Crippen LogP contribution in [0.25, 0.3) is 0 Å². The van der Waals surface area contributed by atoms with Crippen molar-refractivity contribution in [2.75, 3.05) is 0 Å². The molecule has 0 bridgehead atoms. The summed E-state index contributed by atoms with van der Waals surface area (Å²) in [7, 11) is 0. The van der Waals surface area contributed by atoms with Crippen LogP contribution in [0.2, 0.25) is 0 Å². The minimum absolute atomic E-state index is 0.438. The fraction of sp³-hybridized carbons (Fsp3) is 0.312. The van der Waals surface area contributed by atoms with E-state index in [1.54, 1.807) is 0 Å². The Morgan fingerprint density at radius 3 is 2.60 bits per heavy atom. The molecule has 1 aliphatic carbocycles. The van der Waals surface area contributed by atoms with Crippen LogP contribution in [0, 0.1) is 5.92 Å². The molecule has 2 nitrogen and oxygen atoms in total. The van der Waals surface area contributed by atoms with Crippen LogP contribution in [0.3, 0.4) is 0 Å². The Labute approximate surface area is 136 Å². The first-order chi connectivity index (χ1) is 9.74. The molecule has 0 spiro atoms. The van der Waals surface area contributed by atoms with Crippen molar-refractivity contribution in [1.82, 2.24) is 10.3 Å². The Hall–Kier alpha value is -0.710. The SMILES string of the molecule is Brc1cnc(CNC(c2ccccc2)C2CC2)c(Br)c1. The zero-order valence-electron chi connectivity index (χ0n) is 11.0. The molecule has 1 N–H and O–H groups in total. The summed E-state index contributed by atoms with van der Waals surface area (Å²) in [5.41, 5.74) is 2.43. The Morgan fingerprint density at radius 2 is 1.95 bits per heavy atom. The molecule has 20 heavy (non-hydrogen) atoms. The van der Waals surface area contributed by atoms with Crippen LogP contribution in [-0.4, -0.2) is 4.98 Å². The summed E-state index contributed by atoms with van der Waals surface area (Å²) in [6, 6.07) is 13.2. The van der Waals surface area contributed by atoms with E-state index in [1.807, 2.05) is 12.3 Å². The minimum atomic E-state index is 0.438. The quantitative estimate of drug-likeness (QED) is 0.782.